The van der Waals surface area contributed by atoms with Gasteiger partial charge in [-0.3, -0.25) is 4.79 Å². The van der Waals surface area contributed by atoms with E-state index in [2.05, 4.69) is 21.2 Å². The molecule has 0 aliphatic heterocycles. The quantitative estimate of drug-likeness (QED) is 0.902. The highest BCUT2D eigenvalue weighted by atomic mass is 79.9. The number of hydrogen-bond acceptors (Lipinski definition) is 2. The Hall–Kier alpha value is -0.740. The van der Waals surface area contributed by atoms with Gasteiger partial charge in [0.1, 0.15) is 11.6 Å². The molecular weight excluding hydrogens is 273 g/mol. The molecule has 1 aromatic carbocycles. The van der Waals surface area contributed by atoms with Gasteiger partial charge in [-0.1, -0.05) is 19.1 Å². The highest BCUT2D eigenvalue weighted by Crippen LogP contribution is 2.21. The Morgan fingerprint density at radius 1 is 1.56 bits per heavy atom. The SMILES string of the molecule is CNCC(C)C(=O)Cc1cccc(F)c1Br. The number of rotatable bonds is 5. The first-order valence-corrected chi connectivity index (χ1v) is 5.95. The lowest BCUT2D eigenvalue weighted by atomic mass is 9.99. The average Bonchev–Trinajstić information content (AvgIpc) is 2.25. The first-order chi connectivity index (χ1) is 7.56. The molecule has 0 bridgehead atoms. The molecule has 2 nitrogen and oxygen atoms in total. The molecule has 0 saturated carbocycles. The molecule has 4 heteroatoms. The number of hydrogen-bond donors (Lipinski definition) is 1. The van der Waals surface area contributed by atoms with Crippen molar-refractivity contribution < 1.29 is 9.18 Å². The molecule has 1 rings (SSSR count). The summed E-state index contributed by atoms with van der Waals surface area (Å²) in [5.74, 6) is -0.271. The molecule has 88 valence electrons. The summed E-state index contributed by atoms with van der Waals surface area (Å²) in [5.41, 5.74) is 0.702. The van der Waals surface area contributed by atoms with E-state index in [1.165, 1.54) is 6.07 Å². The number of ketones is 1. The molecule has 0 aromatic heterocycles. The largest absolute Gasteiger partial charge is 0.319 e. The van der Waals surface area contributed by atoms with Gasteiger partial charge >= 0.3 is 0 Å². The number of halogens is 2. The zero-order valence-electron chi connectivity index (χ0n) is 9.39. The van der Waals surface area contributed by atoms with E-state index in [1.807, 2.05) is 14.0 Å². The minimum atomic E-state index is -0.327. The van der Waals surface area contributed by atoms with E-state index in [-0.39, 0.29) is 23.9 Å². The smallest absolute Gasteiger partial charge is 0.141 e. The molecule has 1 atom stereocenters. The van der Waals surface area contributed by atoms with Gasteiger partial charge in [0, 0.05) is 18.9 Å². The van der Waals surface area contributed by atoms with Gasteiger partial charge < -0.3 is 5.32 Å². The van der Waals surface area contributed by atoms with Gasteiger partial charge in [0.25, 0.3) is 0 Å². The van der Waals surface area contributed by atoms with E-state index in [0.29, 0.717) is 16.6 Å². The Kier molecular flexibility index (Phi) is 5.09. The van der Waals surface area contributed by atoms with Gasteiger partial charge in [-0.15, -0.1) is 0 Å². The lowest BCUT2D eigenvalue weighted by molar-refractivity contribution is -0.121. The van der Waals surface area contributed by atoms with E-state index in [1.54, 1.807) is 12.1 Å². The summed E-state index contributed by atoms with van der Waals surface area (Å²) >= 11 is 3.15. The Morgan fingerprint density at radius 2 is 2.25 bits per heavy atom. The Balaban J connectivity index is 2.73. The summed E-state index contributed by atoms with van der Waals surface area (Å²) in [6, 6.07) is 4.75. The van der Waals surface area contributed by atoms with E-state index in [0.717, 1.165) is 0 Å². The number of Topliss-reactive ketones (excluding diaryl/α,β-unsaturated/α-hetero) is 1. The van der Waals surface area contributed by atoms with Crippen molar-refractivity contribution in [3.63, 3.8) is 0 Å². The van der Waals surface area contributed by atoms with Gasteiger partial charge in [0.15, 0.2) is 0 Å². The molecule has 0 fully saturated rings. The van der Waals surface area contributed by atoms with Crippen LogP contribution in [0.3, 0.4) is 0 Å². The molecule has 1 unspecified atom stereocenters. The van der Waals surface area contributed by atoms with Crippen molar-refractivity contribution in [3.8, 4) is 0 Å². The maximum Gasteiger partial charge on any atom is 0.141 e. The van der Waals surface area contributed by atoms with Crippen molar-refractivity contribution in [2.75, 3.05) is 13.6 Å². The lowest BCUT2D eigenvalue weighted by Crippen LogP contribution is -2.25. The van der Waals surface area contributed by atoms with Crippen LogP contribution in [-0.2, 0) is 11.2 Å². The van der Waals surface area contributed by atoms with Crippen LogP contribution in [0.1, 0.15) is 12.5 Å². The van der Waals surface area contributed by atoms with Crippen LogP contribution in [0.5, 0.6) is 0 Å². The molecule has 0 saturated heterocycles. The first kappa shape index (κ1) is 13.3. The third-order valence-corrected chi connectivity index (χ3v) is 3.34. The highest BCUT2D eigenvalue weighted by molar-refractivity contribution is 9.10. The van der Waals surface area contributed by atoms with Crippen molar-refractivity contribution in [1.29, 1.82) is 0 Å². The van der Waals surface area contributed by atoms with Crippen molar-refractivity contribution in [2.24, 2.45) is 5.92 Å². The van der Waals surface area contributed by atoms with E-state index in [4.69, 9.17) is 0 Å². The predicted molar refractivity (Wildman–Crippen MR) is 65.9 cm³/mol. The number of carbonyl (C=O) groups excluding carboxylic acids is 1. The summed E-state index contributed by atoms with van der Waals surface area (Å²) < 4.78 is 13.6. The fourth-order valence-corrected chi connectivity index (χ4v) is 1.87. The highest BCUT2D eigenvalue weighted by Gasteiger charge is 2.15. The predicted octanol–water partition coefficient (Wildman–Crippen LogP) is 2.56. The first-order valence-electron chi connectivity index (χ1n) is 5.16. The van der Waals surface area contributed by atoms with Crippen molar-refractivity contribution in [1.82, 2.24) is 5.32 Å². The minimum Gasteiger partial charge on any atom is -0.319 e. The summed E-state index contributed by atoms with van der Waals surface area (Å²) in [7, 11) is 1.81. The van der Waals surface area contributed by atoms with Crippen LogP contribution in [0.2, 0.25) is 0 Å². The van der Waals surface area contributed by atoms with Crippen LogP contribution >= 0.6 is 15.9 Å². The molecule has 0 aliphatic carbocycles. The molecule has 0 spiro atoms. The zero-order valence-corrected chi connectivity index (χ0v) is 11.0. The second-order valence-electron chi connectivity index (χ2n) is 3.81. The third kappa shape index (κ3) is 3.39. The zero-order chi connectivity index (χ0) is 12.1. The van der Waals surface area contributed by atoms with E-state index >= 15 is 0 Å². The molecular formula is C12H15BrFNO. The van der Waals surface area contributed by atoms with Gasteiger partial charge in [-0.05, 0) is 34.6 Å². The molecule has 0 aliphatic rings. The summed E-state index contributed by atoms with van der Waals surface area (Å²) in [6.07, 6.45) is 0.265. The maximum atomic E-state index is 13.2. The standard InChI is InChI=1S/C12H15BrFNO/c1-8(7-15-2)11(16)6-9-4-3-5-10(14)12(9)13/h3-5,8,15H,6-7H2,1-2H3. The normalized spacial score (nSPS) is 12.5. The van der Waals surface area contributed by atoms with Crippen LogP contribution < -0.4 is 5.32 Å². The lowest BCUT2D eigenvalue weighted by Gasteiger charge is -2.10. The van der Waals surface area contributed by atoms with Crippen LogP contribution in [0.4, 0.5) is 4.39 Å². The summed E-state index contributed by atoms with van der Waals surface area (Å²) in [6.45, 7) is 2.51. The fourth-order valence-electron chi connectivity index (χ4n) is 1.47. The topological polar surface area (TPSA) is 29.1 Å². The van der Waals surface area contributed by atoms with Gasteiger partial charge in [0.05, 0.1) is 4.47 Å². The molecule has 1 N–H and O–H groups in total. The van der Waals surface area contributed by atoms with Crippen molar-refractivity contribution >= 4 is 21.7 Å². The van der Waals surface area contributed by atoms with Crippen LogP contribution in [0, 0.1) is 11.7 Å². The second-order valence-corrected chi connectivity index (χ2v) is 4.61. The van der Waals surface area contributed by atoms with E-state index in [9.17, 15) is 9.18 Å². The molecule has 0 amide bonds. The Labute approximate surface area is 103 Å². The average molecular weight is 288 g/mol. The van der Waals surface area contributed by atoms with Gasteiger partial charge in [-0.2, -0.15) is 0 Å². The number of carbonyl (C=O) groups is 1. The monoisotopic (exact) mass is 287 g/mol. The molecule has 16 heavy (non-hydrogen) atoms. The molecule has 0 radical (unpaired) electrons. The fraction of sp³-hybridized carbons (Fsp3) is 0.417. The number of nitrogens with one attached hydrogen (secondary N) is 1. The Bertz CT molecular complexity index is 381. The third-order valence-electron chi connectivity index (χ3n) is 2.46. The number of benzene rings is 1. The van der Waals surface area contributed by atoms with Crippen molar-refractivity contribution in [3.05, 3.63) is 34.1 Å². The minimum absolute atomic E-state index is 0.0554. The summed E-state index contributed by atoms with van der Waals surface area (Å²) in [4.78, 5) is 11.8. The molecule has 1 aromatic rings. The van der Waals surface area contributed by atoms with Crippen LogP contribution in [0.15, 0.2) is 22.7 Å². The van der Waals surface area contributed by atoms with E-state index < -0.39 is 0 Å². The maximum absolute atomic E-state index is 13.2. The van der Waals surface area contributed by atoms with Crippen LogP contribution in [-0.4, -0.2) is 19.4 Å². The van der Waals surface area contributed by atoms with Gasteiger partial charge in [-0.25, -0.2) is 4.39 Å². The Morgan fingerprint density at radius 3 is 2.88 bits per heavy atom. The van der Waals surface area contributed by atoms with Gasteiger partial charge in [0.2, 0.25) is 0 Å². The van der Waals surface area contributed by atoms with Crippen molar-refractivity contribution in [2.45, 2.75) is 13.3 Å². The summed E-state index contributed by atoms with van der Waals surface area (Å²) in [5, 5.41) is 2.95. The molecule has 0 heterocycles. The van der Waals surface area contributed by atoms with Crippen LogP contribution in [0.25, 0.3) is 0 Å². The second kappa shape index (κ2) is 6.11.